The Labute approximate surface area is 333 Å². The van der Waals surface area contributed by atoms with Crippen molar-refractivity contribution in [3.8, 4) is 28.7 Å². The highest BCUT2D eigenvalue weighted by atomic mass is 16.5. The summed E-state index contributed by atoms with van der Waals surface area (Å²) in [5.41, 5.74) is 12.2. The zero-order valence-electron chi connectivity index (χ0n) is 35.9. The van der Waals surface area contributed by atoms with Crippen LogP contribution < -0.4 is 15.0 Å². The number of benzene rings is 5. The average molecular weight is 735 g/mol. The Morgan fingerprint density at radius 2 is 1.43 bits per heavy atom. The third-order valence-electron chi connectivity index (χ3n) is 12.1. The van der Waals surface area contributed by atoms with Crippen LogP contribution in [0.15, 0.2) is 122 Å². The molecule has 0 saturated heterocycles. The lowest BCUT2D eigenvalue weighted by Gasteiger charge is -2.46. The number of ether oxygens (including phenoxy) is 1. The topological polar surface area (TPSA) is 48.1 Å². The van der Waals surface area contributed by atoms with Crippen LogP contribution in [0.25, 0.3) is 39.0 Å². The van der Waals surface area contributed by atoms with Gasteiger partial charge in [0, 0.05) is 61.4 Å². The number of pyridine rings is 1. The van der Waals surface area contributed by atoms with E-state index in [1.165, 1.54) is 33.5 Å². The van der Waals surface area contributed by atoms with Gasteiger partial charge in [0.05, 0.1) is 11.0 Å². The van der Waals surface area contributed by atoms with E-state index in [4.69, 9.17) is 18.8 Å². The van der Waals surface area contributed by atoms with Crippen molar-refractivity contribution in [3.63, 3.8) is 0 Å². The van der Waals surface area contributed by atoms with Gasteiger partial charge >= 0.3 is 6.98 Å². The molecule has 0 radical (unpaired) electrons. The summed E-state index contributed by atoms with van der Waals surface area (Å²) in [6.07, 6.45) is 3.72. The molecule has 8 aromatic rings. The van der Waals surface area contributed by atoms with E-state index >= 15 is 0 Å². The molecule has 0 amide bonds. The lowest BCUT2D eigenvalue weighted by atomic mass is 9.54. The number of aryl methyl sites for hydroxylation is 2. The maximum atomic E-state index is 8.20. The quantitative estimate of drug-likeness (QED) is 0.160. The van der Waals surface area contributed by atoms with Crippen molar-refractivity contribution < 1.29 is 8.85 Å². The summed E-state index contributed by atoms with van der Waals surface area (Å²) in [6.45, 7) is 13.1. The Hall–Kier alpha value is -6.08. The summed E-state index contributed by atoms with van der Waals surface area (Å²) in [7, 11) is 0. The molecule has 0 aliphatic carbocycles. The number of rotatable bonds is 6. The summed E-state index contributed by atoms with van der Waals surface area (Å²) in [5, 5.41) is 2.07. The van der Waals surface area contributed by atoms with E-state index in [1.54, 1.807) is 19.2 Å². The van der Waals surface area contributed by atoms with Crippen LogP contribution in [0.4, 0.5) is 11.4 Å². The summed E-state index contributed by atoms with van der Waals surface area (Å²) in [6, 6.07) is 38.0. The second-order valence-electron chi connectivity index (χ2n) is 16.6. The highest BCUT2D eigenvalue weighted by molar-refractivity contribution is 6.78. The highest BCUT2D eigenvalue weighted by Gasteiger charge is 2.49. The molecular formula is C49H46BN5O. The van der Waals surface area contributed by atoms with Crippen molar-refractivity contribution in [2.24, 2.45) is 0 Å². The van der Waals surface area contributed by atoms with Crippen molar-refractivity contribution in [1.29, 1.82) is 0 Å². The van der Waals surface area contributed by atoms with Gasteiger partial charge in [0.25, 0.3) is 0 Å². The molecule has 7 heteroatoms. The van der Waals surface area contributed by atoms with Crippen LogP contribution >= 0.6 is 0 Å². The van der Waals surface area contributed by atoms with Crippen molar-refractivity contribution in [2.45, 2.75) is 72.6 Å². The molecule has 5 heterocycles. The Morgan fingerprint density at radius 1 is 0.714 bits per heavy atom. The maximum absolute atomic E-state index is 8.20. The number of hydrogen-bond donors (Lipinski definition) is 0. The molecule has 0 N–H and O–H groups in total. The first-order valence-electron chi connectivity index (χ1n) is 21.2. The van der Waals surface area contributed by atoms with Crippen molar-refractivity contribution in [3.05, 3.63) is 155 Å². The number of fused-ring (bicyclic) bond motifs is 7. The third-order valence-corrected chi connectivity index (χ3v) is 12.1. The number of hydrogen-bond acceptors (Lipinski definition) is 4. The third kappa shape index (κ3) is 4.96. The number of nitrogens with zero attached hydrogens (tertiary/aromatic N) is 5. The first kappa shape index (κ1) is 31.2. The van der Waals surface area contributed by atoms with Crippen molar-refractivity contribution >= 4 is 45.6 Å². The van der Waals surface area contributed by atoms with Crippen LogP contribution in [-0.2, 0) is 5.41 Å². The largest absolute Gasteiger partial charge is 0.457 e. The van der Waals surface area contributed by atoms with E-state index in [0.29, 0.717) is 34.7 Å². The van der Waals surface area contributed by atoms with Crippen LogP contribution in [-0.4, -0.2) is 26.0 Å². The molecule has 0 spiro atoms. The smallest absolute Gasteiger partial charge is 0.422 e. The normalized spacial score (nSPS) is 15.1. The van der Waals surface area contributed by atoms with E-state index in [2.05, 4.69) is 130 Å². The molecule has 3 aromatic heterocycles. The second kappa shape index (κ2) is 12.5. The monoisotopic (exact) mass is 734 g/mol. The van der Waals surface area contributed by atoms with Gasteiger partial charge in [-0.05, 0) is 101 Å². The summed E-state index contributed by atoms with van der Waals surface area (Å²) in [5.74, 6) is 3.41. The molecular weight excluding hydrogens is 685 g/mol. The Morgan fingerprint density at radius 3 is 2.21 bits per heavy atom. The molecule has 2 aliphatic heterocycles. The van der Waals surface area contributed by atoms with Gasteiger partial charge in [0.15, 0.2) is 0 Å². The Balaban J connectivity index is 1.15. The maximum Gasteiger partial charge on any atom is 0.422 e. The van der Waals surface area contributed by atoms with Crippen LogP contribution in [0.5, 0.6) is 11.5 Å². The predicted octanol–water partition coefficient (Wildman–Crippen LogP) is 11.7. The van der Waals surface area contributed by atoms with Gasteiger partial charge in [-0.1, -0.05) is 102 Å². The van der Waals surface area contributed by atoms with Gasteiger partial charge in [0.1, 0.15) is 23.1 Å². The van der Waals surface area contributed by atoms with Gasteiger partial charge < -0.3 is 14.0 Å². The number of aromatic nitrogens is 4. The highest BCUT2D eigenvalue weighted by Crippen LogP contribution is 2.50. The minimum Gasteiger partial charge on any atom is -0.457 e. The standard InChI is InChI=1S/C49H46BN5O/c1-29(2)35-15-13-16-36(30(3)4)47(35)54-43-23-21-33(25-39(43)48-52-28-45-49(7,8)40-17-10-11-18-41(40)50(54)55(45)48)56-34-20-22-38-37-14-9-12-19-42(37)53(44(38)26-34)46-24-31(5)32(6)27-51-46/h9-30H,1-8H3/i5D3. The van der Waals surface area contributed by atoms with Gasteiger partial charge in [-0.2, -0.15) is 0 Å². The van der Waals surface area contributed by atoms with Crippen LogP contribution in [0.3, 0.4) is 0 Å². The molecule has 276 valence electrons. The fraction of sp³-hybridized carbons (Fsp3) is 0.224. The zero-order valence-corrected chi connectivity index (χ0v) is 32.9. The van der Waals surface area contributed by atoms with Gasteiger partial charge in [-0.3, -0.25) is 4.57 Å². The Bertz CT molecular complexity index is 2970. The van der Waals surface area contributed by atoms with Crippen LogP contribution in [0, 0.1) is 13.8 Å². The molecule has 5 aromatic carbocycles. The van der Waals surface area contributed by atoms with Gasteiger partial charge in [0.2, 0.25) is 0 Å². The average Bonchev–Trinajstić information content (AvgIpc) is 3.80. The minimum atomic E-state index is -2.27. The fourth-order valence-corrected chi connectivity index (χ4v) is 9.26. The van der Waals surface area contributed by atoms with E-state index < -0.39 is 6.85 Å². The summed E-state index contributed by atoms with van der Waals surface area (Å²) < 4.78 is 35.9. The lowest BCUT2D eigenvalue weighted by Crippen LogP contribution is -2.60. The molecule has 0 unspecified atom stereocenters. The molecule has 2 aliphatic rings. The summed E-state index contributed by atoms with van der Waals surface area (Å²) in [4.78, 5) is 12.5. The molecule has 6 nitrogen and oxygen atoms in total. The van der Waals surface area contributed by atoms with Gasteiger partial charge in [-0.15, -0.1) is 0 Å². The number of para-hydroxylation sites is 2. The molecule has 0 bridgehead atoms. The van der Waals surface area contributed by atoms with Crippen LogP contribution in [0.1, 0.15) is 91.0 Å². The van der Waals surface area contributed by atoms with E-state index in [9.17, 15) is 0 Å². The molecule has 0 fully saturated rings. The molecule has 0 saturated carbocycles. The van der Waals surface area contributed by atoms with E-state index in [1.807, 2.05) is 34.9 Å². The minimum absolute atomic E-state index is 0.131. The van der Waals surface area contributed by atoms with E-state index in [0.717, 1.165) is 38.9 Å². The Kier molecular flexibility index (Phi) is 6.94. The van der Waals surface area contributed by atoms with E-state index in [-0.39, 0.29) is 18.0 Å². The molecule has 56 heavy (non-hydrogen) atoms. The number of anilines is 2. The zero-order chi connectivity index (χ0) is 41.1. The van der Waals surface area contributed by atoms with Crippen molar-refractivity contribution in [2.75, 3.05) is 4.81 Å². The summed E-state index contributed by atoms with van der Waals surface area (Å²) >= 11 is 0. The number of imidazole rings is 1. The lowest BCUT2D eigenvalue weighted by molar-refractivity contribution is 0.483. The van der Waals surface area contributed by atoms with Gasteiger partial charge in [-0.25, -0.2) is 9.97 Å². The molecule has 10 rings (SSSR count). The van der Waals surface area contributed by atoms with Crippen molar-refractivity contribution in [1.82, 2.24) is 19.0 Å². The first-order chi connectivity index (χ1) is 28.2. The van der Waals surface area contributed by atoms with Crippen LogP contribution in [0.2, 0.25) is 0 Å². The molecule has 0 atom stereocenters. The second-order valence-corrected chi connectivity index (χ2v) is 16.6. The first-order valence-corrected chi connectivity index (χ1v) is 19.7. The fourth-order valence-electron chi connectivity index (χ4n) is 9.26. The SMILES string of the molecule is [2H]C([2H])([2H])c1cc(-n2c3ccccc3c3ccc(Oc4ccc5c(c4)-c4ncc6n4B(c4ccccc4C6(C)C)N5c4c(C(C)C)cccc4C(C)C)cc32)ncc1C. The predicted molar refractivity (Wildman–Crippen MR) is 232 cm³/mol.